The molecule has 0 bridgehead atoms. The molecule has 0 spiro atoms. The number of ether oxygens (including phenoxy) is 1. The van der Waals surface area contributed by atoms with Crippen molar-refractivity contribution in [2.24, 2.45) is 0 Å². The van der Waals surface area contributed by atoms with Crippen molar-refractivity contribution < 1.29 is 24.2 Å². The third kappa shape index (κ3) is 7.38. The van der Waals surface area contributed by atoms with Crippen molar-refractivity contribution in [2.75, 3.05) is 11.4 Å². The molecule has 3 aromatic rings. The van der Waals surface area contributed by atoms with Gasteiger partial charge in [0.25, 0.3) is 11.8 Å². The molecular weight excluding hydrogens is 690 g/mol. The van der Waals surface area contributed by atoms with E-state index in [4.69, 9.17) is 27.9 Å². The van der Waals surface area contributed by atoms with Crippen LogP contribution in [0.4, 0.5) is 5.69 Å². The lowest BCUT2D eigenvalue weighted by atomic mass is 9.98. The van der Waals surface area contributed by atoms with E-state index < -0.39 is 17.7 Å². The molecule has 222 valence electrons. The van der Waals surface area contributed by atoms with Gasteiger partial charge in [0.2, 0.25) is 0 Å². The number of fused-ring (bicyclic) bond motifs is 1. The second kappa shape index (κ2) is 13.2. The van der Waals surface area contributed by atoms with Crippen molar-refractivity contribution in [3.8, 4) is 5.75 Å². The van der Waals surface area contributed by atoms with Gasteiger partial charge in [-0.1, -0.05) is 41.4 Å². The summed E-state index contributed by atoms with van der Waals surface area (Å²) in [7, 11) is 0. The van der Waals surface area contributed by atoms with Gasteiger partial charge >= 0.3 is 5.97 Å². The molecule has 0 fully saturated rings. The zero-order chi connectivity index (χ0) is 30.8. The third-order valence-electron chi connectivity index (χ3n) is 6.98. The van der Waals surface area contributed by atoms with Crippen LogP contribution >= 0.6 is 45.8 Å². The summed E-state index contributed by atoms with van der Waals surface area (Å²) in [6.45, 7) is 7.56. The van der Waals surface area contributed by atoms with Gasteiger partial charge in [-0.15, -0.1) is 0 Å². The highest BCUT2D eigenvalue weighted by molar-refractivity contribution is 14.1. The highest BCUT2D eigenvalue weighted by Gasteiger charge is 2.44. The minimum atomic E-state index is -1.16. The quantitative estimate of drug-likeness (QED) is 0.144. The molecule has 3 aromatic carbocycles. The Bertz CT molecular complexity index is 1490. The van der Waals surface area contributed by atoms with Crippen LogP contribution in [0.25, 0.3) is 0 Å². The molecule has 7 nitrogen and oxygen atoms in total. The van der Waals surface area contributed by atoms with Crippen LogP contribution in [-0.4, -0.2) is 39.9 Å². The van der Waals surface area contributed by atoms with E-state index in [1.807, 2.05) is 45.9 Å². The third-order valence-corrected chi connectivity index (χ3v) is 8.14. The van der Waals surface area contributed by atoms with Gasteiger partial charge in [-0.05, 0) is 111 Å². The van der Waals surface area contributed by atoms with E-state index >= 15 is 0 Å². The Kier molecular flexibility index (Phi) is 10.1. The largest absolute Gasteiger partial charge is 0.508 e. The molecule has 0 aliphatic carbocycles. The molecule has 4 rings (SSSR count). The molecule has 1 aliphatic heterocycles. The van der Waals surface area contributed by atoms with Gasteiger partial charge in [-0.25, -0.2) is 0 Å². The summed E-state index contributed by atoms with van der Waals surface area (Å²) in [6, 6.07) is 15.3. The predicted octanol–water partition coefficient (Wildman–Crippen LogP) is 8.11. The van der Waals surface area contributed by atoms with E-state index in [0.29, 0.717) is 34.1 Å². The zero-order valence-electron chi connectivity index (χ0n) is 23.9. The van der Waals surface area contributed by atoms with E-state index in [1.54, 1.807) is 41.3 Å². The van der Waals surface area contributed by atoms with E-state index in [1.165, 1.54) is 11.0 Å². The summed E-state index contributed by atoms with van der Waals surface area (Å²) in [6.07, 6.45) is 1.20. The number of benzene rings is 3. The number of phenolic OH excluding ortho intramolecular Hbond substituents is 1. The minimum absolute atomic E-state index is 0.188. The zero-order valence-corrected chi connectivity index (χ0v) is 27.5. The summed E-state index contributed by atoms with van der Waals surface area (Å²) >= 11 is 14.4. The molecule has 1 unspecified atom stereocenters. The van der Waals surface area contributed by atoms with Gasteiger partial charge in [0.1, 0.15) is 17.4 Å². The first kappa shape index (κ1) is 32.1. The lowest BCUT2D eigenvalue weighted by Gasteiger charge is -2.36. The van der Waals surface area contributed by atoms with Crippen LogP contribution in [0.5, 0.6) is 5.75 Å². The molecule has 0 aromatic heterocycles. The van der Waals surface area contributed by atoms with Gasteiger partial charge in [0.05, 0.1) is 17.3 Å². The lowest BCUT2D eigenvalue weighted by molar-refractivity contribution is -0.154. The maximum atomic E-state index is 14.6. The number of rotatable bonds is 8. The lowest BCUT2D eigenvalue weighted by Crippen LogP contribution is -2.44. The maximum Gasteiger partial charge on any atom is 0.306 e. The number of anilines is 1. The van der Waals surface area contributed by atoms with Crippen LogP contribution in [0.2, 0.25) is 10.0 Å². The molecule has 1 heterocycles. The Labute approximate surface area is 269 Å². The Morgan fingerprint density at radius 3 is 2.31 bits per heavy atom. The Morgan fingerprint density at radius 2 is 1.67 bits per heavy atom. The molecule has 0 saturated carbocycles. The van der Waals surface area contributed by atoms with Crippen LogP contribution in [0.15, 0.2) is 60.7 Å². The molecule has 42 heavy (non-hydrogen) atoms. The molecule has 0 saturated heterocycles. The fourth-order valence-electron chi connectivity index (χ4n) is 5.05. The number of hydrogen-bond donors (Lipinski definition) is 1. The fourth-order valence-corrected chi connectivity index (χ4v) is 5.83. The normalized spacial score (nSPS) is 16.2. The number of carbonyl (C=O) groups excluding carboxylic acids is 3. The van der Waals surface area contributed by atoms with Crippen molar-refractivity contribution in [2.45, 2.75) is 64.6 Å². The second-order valence-corrected chi connectivity index (χ2v) is 13.4. The summed E-state index contributed by atoms with van der Waals surface area (Å²) in [5.41, 5.74) is 1.31. The molecule has 0 radical (unpaired) electrons. The van der Waals surface area contributed by atoms with Crippen molar-refractivity contribution >= 4 is 69.3 Å². The van der Waals surface area contributed by atoms with Crippen LogP contribution in [0.1, 0.15) is 80.5 Å². The number of hydrogen-bond acceptors (Lipinski definition) is 5. The Balaban J connectivity index is 1.78. The van der Waals surface area contributed by atoms with Gasteiger partial charge in [0, 0.05) is 32.1 Å². The summed E-state index contributed by atoms with van der Waals surface area (Å²) in [5.74, 6) is -1.22. The number of phenols is 1. The highest BCUT2D eigenvalue weighted by Crippen LogP contribution is 2.43. The first-order chi connectivity index (χ1) is 19.8. The molecule has 10 heteroatoms. The van der Waals surface area contributed by atoms with Crippen molar-refractivity contribution in [1.29, 1.82) is 0 Å². The van der Waals surface area contributed by atoms with E-state index in [0.717, 1.165) is 9.13 Å². The van der Waals surface area contributed by atoms with E-state index in [2.05, 4.69) is 22.6 Å². The van der Waals surface area contributed by atoms with Crippen molar-refractivity contribution in [1.82, 2.24) is 4.90 Å². The molecular formula is C32H33Cl2IN2O5. The van der Waals surface area contributed by atoms with E-state index in [-0.39, 0.29) is 42.1 Å². The monoisotopic (exact) mass is 722 g/mol. The first-order valence-electron chi connectivity index (χ1n) is 13.7. The number of esters is 1. The Hall–Kier alpha value is -2.82. The first-order valence-corrected chi connectivity index (χ1v) is 15.5. The van der Waals surface area contributed by atoms with Crippen LogP contribution in [0.3, 0.4) is 0 Å². The predicted molar refractivity (Wildman–Crippen MR) is 173 cm³/mol. The van der Waals surface area contributed by atoms with Crippen molar-refractivity contribution in [3.05, 3.63) is 91.0 Å². The van der Waals surface area contributed by atoms with Crippen LogP contribution in [-0.2, 0) is 14.3 Å². The minimum Gasteiger partial charge on any atom is -0.508 e. The smallest absolute Gasteiger partial charge is 0.306 e. The average molecular weight is 723 g/mol. The number of amides is 2. The van der Waals surface area contributed by atoms with Gasteiger partial charge in [0.15, 0.2) is 0 Å². The topological polar surface area (TPSA) is 87.2 Å². The number of carbonyl (C=O) groups is 3. The summed E-state index contributed by atoms with van der Waals surface area (Å²) < 4.78 is 6.26. The average Bonchev–Trinajstić information content (AvgIpc) is 2.98. The van der Waals surface area contributed by atoms with E-state index in [9.17, 15) is 19.5 Å². The number of aromatic hydroxyl groups is 1. The molecule has 2 atom stereocenters. The summed E-state index contributed by atoms with van der Waals surface area (Å²) in [4.78, 5) is 44.4. The Morgan fingerprint density at radius 1 is 1.00 bits per heavy atom. The number of unbranched alkanes of at least 4 members (excludes halogenated alkanes) is 1. The maximum absolute atomic E-state index is 14.6. The fraction of sp³-hybridized carbons (Fsp3) is 0.344. The number of nitrogens with zero attached hydrogens (tertiary/aromatic N) is 2. The SMILES string of the molecule is C[C@H](c1ccc(Cl)cc1)N1C(=O)c2cc(I)ccc2N(CCCCC(=O)OC(C)(C)C)C(=O)C1c1ccc(Cl)cc1O. The second-order valence-electron chi connectivity index (χ2n) is 11.2. The summed E-state index contributed by atoms with van der Waals surface area (Å²) in [5, 5.41) is 11.9. The van der Waals surface area contributed by atoms with Gasteiger partial charge in [-0.3, -0.25) is 14.4 Å². The van der Waals surface area contributed by atoms with Crippen LogP contribution in [0, 0.1) is 3.57 Å². The number of halogens is 3. The van der Waals surface area contributed by atoms with Crippen LogP contribution < -0.4 is 4.90 Å². The van der Waals surface area contributed by atoms with Crippen molar-refractivity contribution in [3.63, 3.8) is 0 Å². The van der Waals surface area contributed by atoms with Gasteiger partial charge < -0.3 is 19.6 Å². The van der Waals surface area contributed by atoms with Gasteiger partial charge in [-0.2, -0.15) is 0 Å². The molecule has 1 N–H and O–H groups in total. The molecule has 1 aliphatic rings. The molecule has 2 amide bonds. The standard InChI is InChI=1S/C32H33Cl2IN2O5/c1-19(20-8-10-21(33)11-9-20)37-29(24-14-12-22(34)17-27(24)38)31(41)36(16-6-5-7-28(39)42-32(2,3)4)26-15-13-23(35)18-25(26)30(37)40/h8-15,17-19,29,38H,5-7,16H2,1-4H3/t19-,29?/m1/s1. The highest BCUT2D eigenvalue weighted by atomic mass is 127.